The highest BCUT2D eigenvalue weighted by Crippen LogP contribution is 2.31. The Morgan fingerprint density at radius 3 is 2.40 bits per heavy atom. The molecule has 0 spiro atoms. The highest BCUT2D eigenvalue weighted by Gasteiger charge is 2.27. The Morgan fingerprint density at radius 2 is 2.20 bits per heavy atom. The van der Waals surface area contributed by atoms with Crippen molar-refractivity contribution in [2.45, 2.75) is 27.1 Å². The van der Waals surface area contributed by atoms with Crippen molar-refractivity contribution in [2.75, 3.05) is 6.61 Å². The first-order chi connectivity index (χ1) is 4.52. The van der Waals surface area contributed by atoms with E-state index < -0.39 is 6.29 Å². The molecule has 0 aromatic rings. The minimum atomic E-state index is -0.667. The summed E-state index contributed by atoms with van der Waals surface area (Å²) in [6, 6.07) is 0. The lowest BCUT2D eigenvalue weighted by atomic mass is 9.86. The standard InChI is InChI=1S/C8H14O2/c1-8(2,3)6-4-5-10-7(6)9/h4,7,9H,5H2,1-3H3. The van der Waals surface area contributed by atoms with Gasteiger partial charge >= 0.3 is 0 Å². The smallest absolute Gasteiger partial charge is 0.178 e. The first-order valence-electron chi connectivity index (χ1n) is 3.52. The Kier molecular flexibility index (Phi) is 1.84. The second-order valence-electron chi connectivity index (χ2n) is 3.60. The molecule has 10 heavy (non-hydrogen) atoms. The number of hydrogen-bond acceptors (Lipinski definition) is 2. The lowest BCUT2D eigenvalue weighted by Crippen LogP contribution is -2.19. The van der Waals surface area contributed by atoms with Crippen LogP contribution in [0.1, 0.15) is 20.8 Å². The predicted octanol–water partition coefficient (Wildman–Crippen LogP) is 1.31. The SMILES string of the molecule is CC(C)(C)C1=CCOC1O. The van der Waals surface area contributed by atoms with Crippen LogP contribution >= 0.6 is 0 Å². The average molecular weight is 142 g/mol. The van der Waals surface area contributed by atoms with Gasteiger partial charge in [0.2, 0.25) is 0 Å². The van der Waals surface area contributed by atoms with Gasteiger partial charge in [0, 0.05) is 0 Å². The van der Waals surface area contributed by atoms with Crippen molar-refractivity contribution >= 4 is 0 Å². The normalized spacial score (nSPS) is 26.8. The van der Waals surface area contributed by atoms with Crippen molar-refractivity contribution < 1.29 is 9.84 Å². The van der Waals surface area contributed by atoms with Crippen LogP contribution in [-0.4, -0.2) is 18.0 Å². The fraction of sp³-hybridized carbons (Fsp3) is 0.750. The summed E-state index contributed by atoms with van der Waals surface area (Å²) in [6.07, 6.45) is 1.28. The molecular formula is C8H14O2. The highest BCUT2D eigenvalue weighted by atomic mass is 16.6. The van der Waals surface area contributed by atoms with Gasteiger partial charge in [0.05, 0.1) is 6.61 Å². The number of ether oxygens (including phenoxy) is 1. The molecule has 58 valence electrons. The molecule has 1 aliphatic heterocycles. The predicted molar refractivity (Wildman–Crippen MR) is 39.5 cm³/mol. The number of aliphatic hydroxyl groups excluding tert-OH is 1. The Morgan fingerprint density at radius 1 is 1.60 bits per heavy atom. The van der Waals surface area contributed by atoms with Crippen LogP contribution < -0.4 is 0 Å². The van der Waals surface area contributed by atoms with Crippen LogP contribution in [-0.2, 0) is 4.74 Å². The second-order valence-corrected chi connectivity index (χ2v) is 3.60. The van der Waals surface area contributed by atoms with Crippen LogP contribution in [0.3, 0.4) is 0 Å². The molecule has 0 aromatic carbocycles. The summed E-state index contributed by atoms with van der Waals surface area (Å²) in [6.45, 7) is 6.75. The van der Waals surface area contributed by atoms with E-state index >= 15 is 0 Å². The summed E-state index contributed by atoms with van der Waals surface area (Å²) < 4.78 is 4.95. The molecule has 1 N–H and O–H groups in total. The molecule has 2 nitrogen and oxygen atoms in total. The van der Waals surface area contributed by atoms with Gasteiger partial charge in [0.1, 0.15) is 0 Å². The van der Waals surface area contributed by atoms with E-state index in [-0.39, 0.29) is 5.41 Å². The fourth-order valence-corrected chi connectivity index (χ4v) is 1.10. The molecule has 1 aliphatic rings. The summed E-state index contributed by atoms with van der Waals surface area (Å²) in [7, 11) is 0. The minimum absolute atomic E-state index is 0.0376. The molecule has 0 bridgehead atoms. The van der Waals surface area contributed by atoms with E-state index in [1.807, 2.05) is 6.08 Å². The van der Waals surface area contributed by atoms with Crippen LogP contribution in [0, 0.1) is 5.41 Å². The van der Waals surface area contributed by atoms with Crippen LogP contribution in [0.5, 0.6) is 0 Å². The fourth-order valence-electron chi connectivity index (χ4n) is 1.10. The molecule has 0 saturated heterocycles. The molecule has 2 heteroatoms. The minimum Gasteiger partial charge on any atom is -0.364 e. The molecule has 0 aromatic heterocycles. The maximum absolute atomic E-state index is 9.23. The Hall–Kier alpha value is -0.340. The average Bonchev–Trinajstić information content (AvgIpc) is 2.11. The van der Waals surface area contributed by atoms with E-state index in [2.05, 4.69) is 20.8 Å². The molecule has 0 fully saturated rings. The van der Waals surface area contributed by atoms with E-state index in [1.54, 1.807) is 0 Å². The zero-order valence-electron chi connectivity index (χ0n) is 6.72. The Balaban J connectivity index is 2.72. The molecule has 0 saturated carbocycles. The van der Waals surface area contributed by atoms with Gasteiger partial charge in [0.15, 0.2) is 6.29 Å². The van der Waals surface area contributed by atoms with Crippen LogP contribution in [0.15, 0.2) is 11.6 Å². The van der Waals surface area contributed by atoms with Crippen molar-refractivity contribution in [2.24, 2.45) is 5.41 Å². The Bertz CT molecular complexity index is 153. The lowest BCUT2D eigenvalue weighted by molar-refractivity contribution is -0.0535. The molecule has 1 atom stereocenters. The largest absolute Gasteiger partial charge is 0.364 e. The van der Waals surface area contributed by atoms with E-state index in [1.165, 1.54) is 0 Å². The van der Waals surface area contributed by atoms with Gasteiger partial charge in [-0.25, -0.2) is 0 Å². The van der Waals surface area contributed by atoms with Gasteiger partial charge in [-0.3, -0.25) is 0 Å². The van der Waals surface area contributed by atoms with E-state index in [9.17, 15) is 5.11 Å². The van der Waals surface area contributed by atoms with Crippen molar-refractivity contribution in [3.05, 3.63) is 11.6 Å². The highest BCUT2D eigenvalue weighted by molar-refractivity contribution is 5.16. The van der Waals surface area contributed by atoms with E-state index in [0.29, 0.717) is 6.61 Å². The second kappa shape index (κ2) is 2.36. The molecule has 0 aliphatic carbocycles. The van der Waals surface area contributed by atoms with Gasteiger partial charge in [-0.05, 0) is 11.0 Å². The summed E-state index contributed by atoms with van der Waals surface area (Å²) in [5.41, 5.74) is 1.03. The molecule has 1 heterocycles. The number of hydrogen-bond donors (Lipinski definition) is 1. The molecule has 1 unspecified atom stereocenters. The van der Waals surface area contributed by atoms with E-state index in [4.69, 9.17) is 4.74 Å². The quantitative estimate of drug-likeness (QED) is 0.517. The summed E-state index contributed by atoms with van der Waals surface area (Å²) >= 11 is 0. The van der Waals surface area contributed by atoms with Crippen LogP contribution in [0.2, 0.25) is 0 Å². The third kappa shape index (κ3) is 1.39. The molecule has 0 amide bonds. The van der Waals surface area contributed by atoms with Crippen LogP contribution in [0.25, 0.3) is 0 Å². The lowest BCUT2D eigenvalue weighted by Gasteiger charge is -2.22. The van der Waals surface area contributed by atoms with Crippen LogP contribution in [0.4, 0.5) is 0 Å². The zero-order chi connectivity index (χ0) is 7.78. The maximum Gasteiger partial charge on any atom is 0.178 e. The summed E-state index contributed by atoms with van der Waals surface area (Å²) in [5, 5.41) is 9.23. The third-order valence-electron chi connectivity index (χ3n) is 1.69. The Labute approximate surface area is 61.5 Å². The number of rotatable bonds is 0. The summed E-state index contributed by atoms with van der Waals surface area (Å²) in [5.74, 6) is 0. The van der Waals surface area contributed by atoms with Gasteiger partial charge < -0.3 is 9.84 Å². The van der Waals surface area contributed by atoms with Crippen molar-refractivity contribution in [3.63, 3.8) is 0 Å². The monoisotopic (exact) mass is 142 g/mol. The maximum atomic E-state index is 9.23. The molecule has 0 radical (unpaired) electrons. The zero-order valence-corrected chi connectivity index (χ0v) is 6.72. The molecule has 1 rings (SSSR count). The van der Waals surface area contributed by atoms with Crippen molar-refractivity contribution in [1.29, 1.82) is 0 Å². The van der Waals surface area contributed by atoms with Gasteiger partial charge in [-0.1, -0.05) is 26.8 Å². The first-order valence-corrected chi connectivity index (χ1v) is 3.52. The number of aliphatic hydroxyl groups is 1. The van der Waals surface area contributed by atoms with Crippen molar-refractivity contribution in [1.82, 2.24) is 0 Å². The topological polar surface area (TPSA) is 29.5 Å². The van der Waals surface area contributed by atoms with E-state index in [0.717, 1.165) is 5.57 Å². The van der Waals surface area contributed by atoms with Crippen molar-refractivity contribution in [3.8, 4) is 0 Å². The molecular weight excluding hydrogens is 128 g/mol. The first kappa shape index (κ1) is 7.76. The summed E-state index contributed by atoms with van der Waals surface area (Å²) in [4.78, 5) is 0. The van der Waals surface area contributed by atoms with Gasteiger partial charge in [0.25, 0.3) is 0 Å². The third-order valence-corrected chi connectivity index (χ3v) is 1.69. The van der Waals surface area contributed by atoms with Gasteiger partial charge in [-0.15, -0.1) is 0 Å². The van der Waals surface area contributed by atoms with Gasteiger partial charge in [-0.2, -0.15) is 0 Å².